The van der Waals surface area contributed by atoms with Crippen molar-refractivity contribution in [3.8, 4) is 5.75 Å². The number of ether oxygens (including phenoxy) is 1. The third-order valence-electron chi connectivity index (χ3n) is 7.22. The predicted octanol–water partition coefficient (Wildman–Crippen LogP) is 3.52. The number of hydrogen-bond donors (Lipinski definition) is 0. The fourth-order valence-corrected chi connectivity index (χ4v) is 7.96. The van der Waals surface area contributed by atoms with Crippen molar-refractivity contribution in [2.24, 2.45) is 0 Å². The molecule has 2 aromatic rings. The molecule has 0 bridgehead atoms. The van der Waals surface area contributed by atoms with Crippen LogP contribution in [0.15, 0.2) is 55.1 Å². The van der Waals surface area contributed by atoms with Crippen molar-refractivity contribution in [3.05, 3.63) is 72.1 Å². The van der Waals surface area contributed by atoms with Crippen molar-refractivity contribution in [3.63, 3.8) is 0 Å². The van der Waals surface area contributed by atoms with E-state index in [4.69, 9.17) is 17.0 Å². The van der Waals surface area contributed by atoms with Gasteiger partial charge < -0.3 is 9.64 Å². The molecule has 0 radical (unpaired) electrons. The summed E-state index contributed by atoms with van der Waals surface area (Å²) in [6.45, 7) is 4.40. The molecule has 0 aliphatic carbocycles. The number of rotatable bonds is 4. The van der Waals surface area contributed by atoms with Gasteiger partial charge in [-0.1, -0.05) is 42.2 Å². The number of benzene rings is 2. The molecule has 176 valence electrons. The maximum atomic E-state index is 14.6. The van der Waals surface area contributed by atoms with Crippen LogP contribution in [-0.2, 0) is 15.1 Å². The summed E-state index contributed by atoms with van der Waals surface area (Å²) < 4.78 is 19.1. The van der Waals surface area contributed by atoms with Crippen LogP contribution >= 0.6 is 24.0 Å². The number of carbonyl (C=O) groups excluding carboxylic acids is 2. The van der Waals surface area contributed by atoms with Crippen LogP contribution in [0.2, 0.25) is 0 Å². The summed E-state index contributed by atoms with van der Waals surface area (Å²) in [4.78, 5) is 33.5. The van der Waals surface area contributed by atoms with Gasteiger partial charge in [0.05, 0.1) is 7.11 Å². The second-order valence-corrected chi connectivity index (χ2v) is 10.6. The molecule has 9 heteroatoms. The van der Waals surface area contributed by atoms with Crippen LogP contribution < -0.4 is 9.64 Å². The first-order chi connectivity index (χ1) is 16.2. The standard InChI is InChI=1S/C25H24FN3O3S2/c1-5-11-29-22(31)25(34-23(29)33)19(15-7-6-8-17(12-15)32-4)14-27(2)24(25)18-13-16(26)9-10-20(18)28(3)21(24)30/h5-10,12-13,19H,1,11,14H2,2-4H3/t19?,24-,25+/m1/s1. The molecule has 2 amide bonds. The monoisotopic (exact) mass is 497 g/mol. The third kappa shape index (κ3) is 2.68. The molecule has 0 aromatic heterocycles. The molecule has 1 unspecified atom stereocenters. The molecule has 2 saturated heterocycles. The zero-order chi connectivity index (χ0) is 24.4. The number of nitrogens with zero attached hydrogens (tertiary/aromatic N) is 3. The maximum Gasteiger partial charge on any atom is 0.254 e. The number of amides is 2. The van der Waals surface area contributed by atoms with E-state index >= 15 is 0 Å². The SMILES string of the molecule is C=CCN1C(=O)[C@@]2(SC1=S)C(c1cccc(OC)c1)CN(C)[C@]21C(=O)N(C)c2ccc(F)cc21. The number of thiocarbonyl (C=S) groups is 1. The molecule has 2 fully saturated rings. The van der Waals surface area contributed by atoms with Crippen LogP contribution in [0.5, 0.6) is 5.75 Å². The Morgan fingerprint density at radius 3 is 2.71 bits per heavy atom. The van der Waals surface area contributed by atoms with Crippen molar-refractivity contribution in [2.45, 2.75) is 16.2 Å². The molecule has 0 N–H and O–H groups in total. The molecule has 3 atom stereocenters. The van der Waals surface area contributed by atoms with Gasteiger partial charge in [-0.15, -0.1) is 6.58 Å². The number of likely N-dealkylation sites (N-methyl/N-ethyl adjacent to an activating group) is 2. The number of halogens is 1. The summed E-state index contributed by atoms with van der Waals surface area (Å²) >= 11 is 6.90. The van der Waals surface area contributed by atoms with E-state index in [1.807, 2.05) is 36.2 Å². The molecule has 3 aliphatic rings. The first-order valence-corrected chi connectivity index (χ1v) is 12.1. The number of carbonyl (C=O) groups is 2. The Kier molecular flexibility index (Phi) is 5.34. The van der Waals surface area contributed by atoms with Crippen LogP contribution in [-0.4, -0.2) is 65.0 Å². The number of likely N-dealkylation sites (tertiary alicyclic amines) is 1. The van der Waals surface area contributed by atoms with E-state index in [2.05, 4.69) is 6.58 Å². The number of hydrogen-bond acceptors (Lipinski definition) is 6. The molecule has 34 heavy (non-hydrogen) atoms. The highest BCUT2D eigenvalue weighted by Gasteiger charge is 2.78. The van der Waals surface area contributed by atoms with Crippen molar-refractivity contribution < 1.29 is 18.7 Å². The van der Waals surface area contributed by atoms with Crippen molar-refractivity contribution in [1.82, 2.24) is 9.80 Å². The average molecular weight is 498 g/mol. The van der Waals surface area contributed by atoms with Crippen LogP contribution in [0.1, 0.15) is 17.0 Å². The molecular weight excluding hydrogens is 473 g/mol. The Morgan fingerprint density at radius 1 is 1.24 bits per heavy atom. The number of anilines is 1. The zero-order valence-corrected chi connectivity index (χ0v) is 20.7. The minimum Gasteiger partial charge on any atom is -0.497 e. The average Bonchev–Trinajstić information content (AvgIpc) is 3.33. The Balaban J connectivity index is 1.84. The fourth-order valence-electron chi connectivity index (χ4n) is 5.81. The van der Waals surface area contributed by atoms with E-state index in [9.17, 15) is 14.0 Å². The summed E-state index contributed by atoms with van der Waals surface area (Å²) in [7, 11) is 5.07. The third-order valence-corrected chi connectivity index (χ3v) is 9.16. The van der Waals surface area contributed by atoms with Gasteiger partial charge in [0.1, 0.15) is 20.6 Å². The summed E-state index contributed by atoms with van der Waals surface area (Å²) in [6, 6.07) is 11.8. The zero-order valence-electron chi connectivity index (χ0n) is 19.1. The van der Waals surface area contributed by atoms with E-state index in [0.29, 0.717) is 27.9 Å². The Bertz CT molecular complexity index is 1250. The molecule has 0 saturated carbocycles. The summed E-state index contributed by atoms with van der Waals surface area (Å²) in [6.07, 6.45) is 1.62. The summed E-state index contributed by atoms with van der Waals surface area (Å²) in [5, 5.41) is 0. The van der Waals surface area contributed by atoms with Crippen molar-refractivity contribution in [2.75, 3.05) is 39.2 Å². The topological polar surface area (TPSA) is 53.1 Å². The second-order valence-electron chi connectivity index (χ2n) is 8.75. The fraction of sp³-hybridized carbons (Fsp3) is 0.320. The Labute approximate surface area is 207 Å². The smallest absolute Gasteiger partial charge is 0.254 e. The molecule has 3 heterocycles. The Hall–Kier alpha value is -2.75. The van der Waals surface area contributed by atoms with Gasteiger partial charge in [0.25, 0.3) is 5.91 Å². The van der Waals surface area contributed by atoms with Crippen molar-refractivity contribution in [1.29, 1.82) is 0 Å². The lowest BCUT2D eigenvalue weighted by Gasteiger charge is -2.42. The first-order valence-electron chi connectivity index (χ1n) is 10.8. The van der Waals surface area contributed by atoms with Gasteiger partial charge in [0.2, 0.25) is 5.91 Å². The minimum absolute atomic E-state index is 0.233. The van der Waals surface area contributed by atoms with Crippen LogP contribution in [0, 0.1) is 5.82 Å². The lowest BCUT2D eigenvalue weighted by atomic mass is 9.72. The minimum atomic E-state index is -1.44. The van der Waals surface area contributed by atoms with Gasteiger partial charge in [0, 0.05) is 37.3 Å². The van der Waals surface area contributed by atoms with Crippen LogP contribution in [0.25, 0.3) is 0 Å². The highest BCUT2D eigenvalue weighted by Crippen LogP contribution is 2.66. The van der Waals surface area contributed by atoms with Gasteiger partial charge in [-0.2, -0.15) is 0 Å². The van der Waals surface area contributed by atoms with E-state index in [1.165, 1.54) is 33.7 Å². The number of fused-ring (bicyclic) bond motifs is 3. The molecule has 2 spiro atoms. The number of methoxy groups -OCH3 is 1. The summed E-state index contributed by atoms with van der Waals surface area (Å²) in [5.41, 5.74) is 0.490. The van der Waals surface area contributed by atoms with Gasteiger partial charge in [-0.05, 0) is 42.9 Å². The van der Waals surface area contributed by atoms with Gasteiger partial charge >= 0.3 is 0 Å². The molecule has 5 rings (SSSR count). The highest BCUT2D eigenvalue weighted by atomic mass is 32.2. The number of thioether (sulfide) groups is 1. The molecular formula is C25H24FN3O3S2. The summed E-state index contributed by atoms with van der Waals surface area (Å²) in [5.74, 6) is -0.762. The van der Waals surface area contributed by atoms with Gasteiger partial charge in [-0.3, -0.25) is 19.4 Å². The van der Waals surface area contributed by atoms with E-state index < -0.39 is 22.0 Å². The lowest BCUT2D eigenvalue weighted by molar-refractivity contribution is -0.138. The second kappa shape index (κ2) is 7.90. The van der Waals surface area contributed by atoms with Crippen molar-refractivity contribution >= 4 is 45.8 Å². The molecule has 6 nitrogen and oxygen atoms in total. The lowest BCUT2D eigenvalue weighted by Crippen LogP contribution is -2.62. The Morgan fingerprint density at radius 2 is 2.00 bits per heavy atom. The van der Waals surface area contributed by atoms with E-state index in [1.54, 1.807) is 26.3 Å². The molecule has 2 aromatic carbocycles. The quantitative estimate of drug-likeness (QED) is 0.476. The predicted molar refractivity (Wildman–Crippen MR) is 135 cm³/mol. The normalized spacial score (nSPS) is 28.5. The maximum absolute atomic E-state index is 14.6. The van der Waals surface area contributed by atoms with Crippen LogP contribution in [0.3, 0.4) is 0 Å². The largest absolute Gasteiger partial charge is 0.497 e. The van der Waals surface area contributed by atoms with E-state index in [-0.39, 0.29) is 18.4 Å². The van der Waals surface area contributed by atoms with E-state index in [0.717, 1.165) is 5.56 Å². The van der Waals surface area contributed by atoms with Gasteiger partial charge in [-0.25, -0.2) is 4.39 Å². The van der Waals surface area contributed by atoms with Crippen LogP contribution in [0.4, 0.5) is 10.1 Å². The highest BCUT2D eigenvalue weighted by molar-refractivity contribution is 8.25. The molecule has 3 aliphatic heterocycles. The first kappa shape index (κ1) is 23.0. The van der Waals surface area contributed by atoms with Gasteiger partial charge in [0.15, 0.2) is 5.54 Å².